The molecule has 0 amide bonds. The van der Waals surface area contributed by atoms with E-state index in [1.54, 1.807) is 30.7 Å². The molecule has 0 heterocycles. The number of azo groups is 1. The summed E-state index contributed by atoms with van der Waals surface area (Å²) in [7, 11) is 0. The minimum absolute atomic E-state index is 0. The molecule has 24 heavy (non-hydrogen) atoms. The first-order valence-corrected chi connectivity index (χ1v) is 6.84. The molecule has 2 aromatic carbocycles. The van der Waals surface area contributed by atoms with Crippen LogP contribution in [0.2, 0.25) is 0 Å². The van der Waals surface area contributed by atoms with Gasteiger partial charge in [-0.3, -0.25) is 4.79 Å². The summed E-state index contributed by atoms with van der Waals surface area (Å²) >= 11 is 0. The van der Waals surface area contributed by atoms with Crippen LogP contribution in [0.5, 0.6) is 5.75 Å². The van der Waals surface area contributed by atoms with Crippen LogP contribution < -0.4 is 5.11 Å². The van der Waals surface area contributed by atoms with Gasteiger partial charge >= 0.3 is 27.7 Å². The van der Waals surface area contributed by atoms with Crippen molar-refractivity contribution < 1.29 is 42.7 Å². The van der Waals surface area contributed by atoms with E-state index in [2.05, 4.69) is 16.0 Å². The maximum atomic E-state index is 11.9. The van der Waals surface area contributed by atoms with E-state index in [1.165, 1.54) is 6.07 Å². The van der Waals surface area contributed by atoms with Crippen LogP contribution in [0.4, 0.5) is 5.69 Å². The van der Waals surface area contributed by atoms with Crippen molar-refractivity contribution in [2.75, 3.05) is 0 Å². The number of carboxylic acid groups (broad SMARTS) is 1. The summed E-state index contributed by atoms with van der Waals surface area (Å²) in [6.07, 6.45) is 7.10. The van der Waals surface area contributed by atoms with Crippen LogP contribution in [0.15, 0.2) is 76.3 Å². The van der Waals surface area contributed by atoms with Crippen LogP contribution in [0.25, 0.3) is 10.8 Å². The first-order chi connectivity index (χ1) is 11.1. The second-order valence-corrected chi connectivity index (χ2v) is 4.61. The van der Waals surface area contributed by atoms with Crippen molar-refractivity contribution >= 4 is 22.4 Å². The maximum absolute atomic E-state index is 11.9. The Balaban J connectivity index is 0.000000522. The molecule has 5 nitrogen and oxygen atoms in total. The number of fused-ring (bicyclic) bond motifs is 1. The molecule has 2 aromatic rings. The molecule has 0 fully saturated rings. The van der Waals surface area contributed by atoms with Crippen molar-refractivity contribution in [3.8, 4) is 5.75 Å². The standard InChI is InChI=1S/C16H11N2O.C2H4O2.Hg/c19-15-11-10-12-6-4-5-9-14(12)16(15)18-17-13-7-2-1-3-8-13;1-2(3)4;/h2-11,19H;1H3,(H,3,4);/q;;+1/p-1. The van der Waals surface area contributed by atoms with E-state index >= 15 is 0 Å². The van der Waals surface area contributed by atoms with E-state index in [-0.39, 0.29) is 33.4 Å². The third-order valence-electron chi connectivity index (χ3n) is 2.83. The van der Waals surface area contributed by atoms with Gasteiger partial charge in [-0.1, -0.05) is 42.1 Å². The fourth-order valence-corrected chi connectivity index (χ4v) is 1.89. The van der Waals surface area contributed by atoms with Crippen LogP contribution in [-0.2, 0) is 32.5 Å². The molecule has 1 aliphatic rings. The molecule has 0 saturated heterocycles. The van der Waals surface area contributed by atoms with Crippen LogP contribution in [0.1, 0.15) is 6.92 Å². The Kier molecular flexibility index (Phi) is 8.09. The molecular weight excluding hydrogens is 493 g/mol. The summed E-state index contributed by atoms with van der Waals surface area (Å²) in [4.78, 5) is 9.00. The molecular formula is C18H14HgN2O3. The Morgan fingerprint density at radius 2 is 1.83 bits per heavy atom. The topological polar surface area (TPSA) is 85.1 Å². The number of hydrogen-bond acceptors (Lipinski definition) is 4. The van der Waals surface area contributed by atoms with Crippen molar-refractivity contribution in [1.82, 2.24) is 0 Å². The van der Waals surface area contributed by atoms with Crippen molar-refractivity contribution in [3.63, 3.8) is 0 Å². The Labute approximate surface area is 160 Å². The molecule has 1 aliphatic carbocycles. The molecule has 0 bridgehead atoms. The van der Waals surface area contributed by atoms with Gasteiger partial charge in [0.25, 0.3) is 5.97 Å². The molecule has 116 valence electrons. The van der Waals surface area contributed by atoms with E-state index in [0.29, 0.717) is 11.4 Å². The van der Waals surface area contributed by atoms with Gasteiger partial charge in [0.05, 0.1) is 11.4 Å². The Hall–Kier alpha value is -2.23. The number of nitrogens with zero attached hydrogens (tertiary/aromatic N) is 2. The number of carboxylic acids is 1. The zero-order chi connectivity index (χ0) is 16.7. The SMILES string of the molecule is CC(=O)O.[Hg+].[O-]c1ccc2ccccc2c1N=NC1=CC=C=C[CH]1. The number of rotatable bonds is 2. The minimum Gasteiger partial charge on any atom is -0.871 e. The molecule has 0 aromatic heterocycles. The zero-order valence-electron chi connectivity index (χ0n) is 13.1. The smallest absolute Gasteiger partial charge is 0.871 e. The predicted octanol–water partition coefficient (Wildman–Crippen LogP) is 3.90. The summed E-state index contributed by atoms with van der Waals surface area (Å²) in [6, 6.07) is 11.0. The Morgan fingerprint density at radius 3 is 2.50 bits per heavy atom. The Morgan fingerprint density at radius 1 is 1.12 bits per heavy atom. The van der Waals surface area contributed by atoms with Gasteiger partial charge in [-0.2, -0.15) is 10.2 Å². The largest absolute Gasteiger partial charge is 1.00 e. The van der Waals surface area contributed by atoms with Gasteiger partial charge in [-0.15, -0.1) is 5.73 Å². The van der Waals surface area contributed by atoms with Crippen molar-refractivity contribution in [3.05, 3.63) is 72.5 Å². The van der Waals surface area contributed by atoms with Crippen LogP contribution in [-0.4, -0.2) is 11.1 Å². The molecule has 3 rings (SSSR count). The normalized spacial score (nSPS) is 12.3. The van der Waals surface area contributed by atoms with Gasteiger partial charge in [0.15, 0.2) is 0 Å². The quantitative estimate of drug-likeness (QED) is 0.381. The molecule has 1 N–H and O–H groups in total. The minimum atomic E-state index is -0.833. The van der Waals surface area contributed by atoms with Crippen LogP contribution >= 0.6 is 0 Å². The third-order valence-corrected chi connectivity index (χ3v) is 2.83. The fourth-order valence-electron chi connectivity index (χ4n) is 1.89. The Bertz CT molecular complexity index is 846. The van der Waals surface area contributed by atoms with E-state index in [1.807, 2.05) is 24.3 Å². The van der Waals surface area contributed by atoms with Gasteiger partial charge < -0.3 is 10.2 Å². The number of hydrogen-bond donors (Lipinski definition) is 1. The monoisotopic (exact) mass is 508 g/mol. The van der Waals surface area contributed by atoms with Gasteiger partial charge in [0.2, 0.25) is 0 Å². The summed E-state index contributed by atoms with van der Waals surface area (Å²) in [5, 5.41) is 29.3. The number of benzene rings is 2. The zero-order valence-corrected chi connectivity index (χ0v) is 18.6. The molecule has 6 heteroatoms. The molecule has 2 radical (unpaired) electrons. The van der Waals surface area contributed by atoms with Crippen LogP contribution in [0.3, 0.4) is 0 Å². The van der Waals surface area contributed by atoms with Crippen molar-refractivity contribution in [2.45, 2.75) is 6.92 Å². The summed E-state index contributed by atoms with van der Waals surface area (Å²) in [5.41, 5.74) is 3.99. The summed E-state index contributed by atoms with van der Waals surface area (Å²) < 4.78 is 0. The second kappa shape index (κ2) is 9.80. The molecule has 0 atom stereocenters. The van der Waals surface area contributed by atoms with Gasteiger partial charge in [-0.25, -0.2) is 0 Å². The molecule has 0 aliphatic heterocycles. The maximum Gasteiger partial charge on any atom is 1.00 e. The second-order valence-electron chi connectivity index (χ2n) is 4.61. The molecule has 0 unspecified atom stereocenters. The average Bonchev–Trinajstić information content (AvgIpc) is 2.54. The van der Waals surface area contributed by atoms with E-state index in [9.17, 15) is 5.11 Å². The predicted molar refractivity (Wildman–Crippen MR) is 86.3 cm³/mol. The number of allylic oxidation sites excluding steroid dienone is 2. The fraction of sp³-hybridized carbons (Fsp3) is 0.0556. The number of carbonyl (C=O) groups is 1. The van der Waals surface area contributed by atoms with E-state index < -0.39 is 5.97 Å². The van der Waals surface area contributed by atoms with E-state index in [4.69, 9.17) is 9.90 Å². The average molecular weight is 507 g/mol. The van der Waals surface area contributed by atoms with Gasteiger partial charge in [-0.05, 0) is 23.6 Å². The summed E-state index contributed by atoms with van der Waals surface area (Å²) in [6.45, 7) is 1.08. The van der Waals surface area contributed by atoms with Crippen molar-refractivity contribution in [2.24, 2.45) is 10.2 Å². The van der Waals surface area contributed by atoms with Gasteiger partial charge in [0.1, 0.15) is 0 Å². The van der Waals surface area contributed by atoms with Crippen LogP contribution in [0, 0.1) is 6.42 Å². The molecule has 0 spiro atoms. The summed E-state index contributed by atoms with van der Waals surface area (Å²) in [5.74, 6) is -0.954. The third kappa shape index (κ3) is 5.76. The van der Waals surface area contributed by atoms with Crippen molar-refractivity contribution in [1.29, 1.82) is 0 Å². The molecule has 0 saturated carbocycles. The number of aliphatic carboxylic acids is 1. The first kappa shape index (κ1) is 19.8. The first-order valence-electron chi connectivity index (χ1n) is 6.84. The van der Waals surface area contributed by atoms with Gasteiger partial charge in [0, 0.05) is 18.7 Å². The van der Waals surface area contributed by atoms with E-state index in [0.717, 1.165) is 17.7 Å².